The van der Waals surface area contributed by atoms with Gasteiger partial charge < -0.3 is 49.5 Å². The molecule has 5 aliphatic rings. The average Bonchev–Trinajstić information content (AvgIpc) is 2.82. The molecule has 0 saturated heterocycles. The summed E-state index contributed by atoms with van der Waals surface area (Å²) in [7, 11) is 0. The van der Waals surface area contributed by atoms with Crippen molar-refractivity contribution in [1.29, 1.82) is 0 Å². The molecule has 5 aromatic carbocycles. The molecule has 448 valence electrons. The Morgan fingerprint density at radius 1 is 0.553 bits per heavy atom. The van der Waals surface area contributed by atoms with Gasteiger partial charge in [0.05, 0.1) is 36.8 Å². The van der Waals surface area contributed by atoms with Gasteiger partial charge in [-0.05, 0) is 63.2 Å². The van der Waals surface area contributed by atoms with Crippen molar-refractivity contribution in [2.75, 3.05) is 45.4 Å². The molecule has 12 rings (SSSR count). The van der Waals surface area contributed by atoms with E-state index in [4.69, 9.17) is 61.7 Å². The fourth-order valence-corrected chi connectivity index (χ4v) is 8.18. The number of Topliss-reactive ketones (excluding diaryl/α,β-unsaturated/α-hetero) is 1. The molecule has 8 N–H and O–H groups in total. The first-order valence-corrected chi connectivity index (χ1v) is 25.8. The smallest absolute Gasteiger partial charge is 0.271 e. The van der Waals surface area contributed by atoms with Gasteiger partial charge in [-0.2, -0.15) is 5.10 Å². The van der Waals surface area contributed by atoms with E-state index >= 15 is 0 Å². The first-order chi connectivity index (χ1) is 41.0. The Kier molecular flexibility index (Phi) is 23.6. The van der Waals surface area contributed by atoms with Gasteiger partial charge in [0.2, 0.25) is 0 Å². The number of thiocarbonyl (C=S) groups is 1. The van der Waals surface area contributed by atoms with E-state index in [-0.39, 0.29) is 41.6 Å². The number of carbonyl (C=O) groups excluding carboxylic acids is 1. The van der Waals surface area contributed by atoms with Crippen molar-refractivity contribution >= 4 is 57.0 Å². The highest BCUT2D eigenvalue weighted by Gasteiger charge is 2.24. The monoisotopic (exact) mass is 1200 g/mol. The lowest BCUT2D eigenvalue weighted by atomic mass is 10.0. The molecule has 0 unspecified atom stereocenters. The summed E-state index contributed by atoms with van der Waals surface area (Å²) in [6.45, 7) is 8.72. The highest BCUT2D eigenvalue weighted by molar-refractivity contribution is 7.80. The van der Waals surface area contributed by atoms with Gasteiger partial charge in [0.25, 0.3) is 29.2 Å². The number of hydrazone groups is 1. The number of hydrogen-bond donors (Lipinski definition) is 4. The van der Waals surface area contributed by atoms with Gasteiger partial charge in [0.15, 0.2) is 17.4 Å². The van der Waals surface area contributed by atoms with Crippen LogP contribution in [0.15, 0.2) is 109 Å². The minimum atomic E-state index is -0.487. The van der Waals surface area contributed by atoms with Crippen LogP contribution < -0.4 is 46.9 Å². The minimum Gasteiger partial charge on any atom is -0.488 e. The number of non-ortho nitro benzene ring substituents is 4. The van der Waals surface area contributed by atoms with Crippen LogP contribution in [0.5, 0.6) is 28.7 Å². The fourth-order valence-electron chi connectivity index (χ4n) is 7.96. The molecule has 0 bridgehead atoms. The van der Waals surface area contributed by atoms with Crippen molar-refractivity contribution in [1.82, 2.24) is 29.5 Å². The Bertz CT molecular complexity index is 3450. The number of hydrogen-bond acceptors (Lipinski definition) is 27. The number of aromatic nitrogens is 6. The summed E-state index contributed by atoms with van der Waals surface area (Å²) in [6.07, 6.45) is 4.49. The Morgan fingerprint density at radius 3 is 1.40 bits per heavy atom. The summed E-state index contributed by atoms with van der Waals surface area (Å²) in [5, 5.41) is 61.0. The second-order valence-corrected chi connectivity index (χ2v) is 18.0. The molecule has 0 spiro atoms. The number of nitro groups is 4. The number of ketones is 1. The maximum absolute atomic E-state index is 11.0. The second-order valence-electron chi connectivity index (χ2n) is 17.4. The molecule has 0 amide bonds. The van der Waals surface area contributed by atoms with Crippen molar-refractivity contribution in [3.8, 4) is 40.1 Å². The molecule has 0 aliphatic carbocycles. The summed E-state index contributed by atoms with van der Waals surface area (Å²) in [6, 6.07) is 23.3. The Hall–Kier alpha value is -10.2. The van der Waals surface area contributed by atoms with Crippen molar-refractivity contribution in [3.63, 3.8) is 0 Å². The zero-order chi connectivity index (χ0) is 61.6. The zero-order valence-corrected chi connectivity index (χ0v) is 46.6. The van der Waals surface area contributed by atoms with E-state index in [9.17, 15) is 45.3 Å². The lowest BCUT2D eigenvalue weighted by Gasteiger charge is -2.18. The van der Waals surface area contributed by atoms with Crippen LogP contribution >= 0.6 is 12.2 Å². The van der Waals surface area contributed by atoms with Crippen LogP contribution in [0.4, 0.5) is 28.4 Å². The minimum absolute atomic E-state index is 0.0120. The lowest BCUT2D eigenvalue weighted by molar-refractivity contribution is -0.385. The van der Waals surface area contributed by atoms with E-state index in [1.807, 2.05) is 43.5 Å². The van der Waals surface area contributed by atoms with E-state index in [1.54, 1.807) is 29.1 Å². The van der Waals surface area contributed by atoms with Gasteiger partial charge in [0, 0.05) is 115 Å². The number of nitrogens with two attached hydrogens (primary N) is 4. The molecule has 2 aromatic heterocycles. The maximum atomic E-state index is 11.0. The van der Waals surface area contributed by atoms with Crippen LogP contribution in [0.3, 0.4) is 0 Å². The summed E-state index contributed by atoms with van der Waals surface area (Å²) in [5.74, 6) is 17.8. The lowest BCUT2D eigenvalue weighted by Crippen LogP contribution is -2.22. The highest BCUT2D eigenvalue weighted by Crippen LogP contribution is 2.34. The third-order valence-corrected chi connectivity index (χ3v) is 12.1. The van der Waals surface area contributed by atoms with Crippen LogP contribution in [0.1, 0.15) is 49.1 Å². The number of ether oxygens (including phenoxy) is 8. The number of hydrazine groups is 1. The normalized spacial score (nSPS) is 13.6. The van der Waals surface area contributed by atoms with Crippen molar-refractivity contribution in [2.45, 2.75) is 59.7 Å². The summed E-state index contributed by atoms with van der Waals surface area (Å²) < 4.78 is 45.4. The third-order valence-electron chi connectivity index (χ3n) is 11.8. The topological polar surface area (TPSA) is 441 Å². The number of carbonyl (C=O) groups is 1. The number of rotatable bonds is 10. The predicted molar refractivity (Wildman–Crippen MR) is 306 cm³/mol. The molecule has 33 heteroatoms. The molecule has 7 heterocycles. The van der Waals surface area contributed by atoms with Gasteiger partial charge >= 0.3 is 0 Å². The van der Waals surface area contributed by atoms with Crippen LogP contribution in [-0.4, -0.2) is 112 Å². The van der Waals surface area contributed by atoms with E-state index in [0.717, 1.165) is 33.3 Å². The van der Waals surface area contributed by atoms with Gasteiger partial charge in [-0.15, -0.1) is 20.4 Å². The first-order valence-electron chi connectivity index (χ1n) is 25.4. The second kappa shape index (κ2) is 31.3. The largest absolute Gasteiger partial charge is 0.488 e. The van der Waals surface area contributed by atoms with E-state index in [0.29, 0.717) is 111 Å². The summed E-state index contributed by atoms with van der Waals surface area (Å²) in [4.78, 5) is 52.2. The average molecular weight is 1200 g/mol. The highest BCUT2D eigenvalue weighted by atomic mass is 32.1. The Balaban J connectivity index is 0.000000163. The molecule has 0 fully saturated rings. The molecule has 85 heavy (non-hydrogen) atoms. The zero-order valence-electron chi connectivity index (χ0n) is 45.7. The Morgan fingerprint density at radius 2 is 0.941 bits per heavy atom. The molecule has 7 aromatic rings. The van der Waals surface area contributed by atoms with Gasteiger partial charge in [-0.1, -0.05) is 12.2 Å². The molecule has 0 saturated carbocycles. The van der Waals surface area contributed by atoms with E-state index in [2.05, 4.69) is 37.2 Å². The number of benzene rings is 5. The predicted octanol–water partition coefficient (Wildman–Crippen LogP) is 5.85. The number of nitro benzene ring substituents is 4. The number of fused-ring (bicyclic) bond motifs is 9. The number of nitrogens with zero attached hydrogens (tertiary/aromatic N) is 11. The maximum Gasteiger partial charge on any atom is 0.271 e. The molecule has 5 aliphatic heterocycles. The third kappa shape index (κ3) is 17.7. The van der Waals surface area contributed by atoms with Crippen LogP contribution in [0, 0.1) is 40.5 Å². The molecule has 0 radical (unpaired) electrons. The van der Waals surface area contributed by atoms with Crippen LogP contribution in [0.2, 0.25) is 0 Å². The van der Waals surface area contributed by atoms with E-state index in [1.165, 1.54) is 60.9 Å². The van der Waals surface area contributed by atoms with Crippen molar-refractivity contribution in [2.24, 2.45) is 22.6 Å². The number of nitrogen functional groups attached to an aromatic ring is 1. The van der Waals surface area contributed by atoms with Crippen LogP contribution in [-0.2, 0) is 51.5 Å². The van der Waals surface area contributed by atoms with E-state index < -0.39 is 26.2 Å². The quantitative estimate of drug-likeness (QED) is 0.0311. The molecular weight excluding hydrogens is 1140 g/mol. The first kappa shape index (κ1) is 64.0. The van der Waals surface area contributed by atoms with Crippen LogP contribution in [0.25, 0.3) is 11.4 Å². The van der Waals surface area contributed by atoms with Crippen molar-refractivity contribution in [3.05, 3.63) is 172 Å². The molecular formula is C52H57N15O17S. The summed E-state index contributed by atoms with van der Waals surface area (Å²) in [5.41, 5.74) is 10.9. The van der Waals surface area contributed by atoms with Crippen molar-refractivity contribution < 1.29 is 62.4 Å². The SMILES string of the molecule is CCOC(OCC)OCC.N/N=C1/COc2ccc([N+](=O)[O-])cc2C1.NN.Nc1ccc2c(c1)-n1cnnc1CO2.O=C1COc2ccc([N+](=O)[O-])cc2C1.O=[N+]([O-])c1ccc2c(c1)-n1cnnc1CO2.O=[N+]([O-])c1ccc2c(c1)CC(=S)CO2. The standard InChI is InChI=1S/C9H6N4O3.C9H8N4O.C9H9N3O3.C9H7NO4.C9H7NO3S.C7H16O3.H4N2/c14-13(15)6-1-2-8-7(3-6)12-5-10-11-9(12)4-16-8;10-6-1-2-8-7(3-6)13-5-11-12-9(13)4-14-8;10-11-7-3-6-4-8(12(13)14)1-2-9(6)15-5-7;11-8-4-6-3-7(10(12)13)1-2-9(6)14-5-8;11-10(12)7-1-2-9-6(3-7)4-8(14)5-13-9;1-4-8-7(9-5-2)10-6-3;1-2/h1-3,5H,4H2;1-3,5H,4,10H2;1-2,4H,3,5,10H2;2*1-3H,4-5H2;7H,4-6H2,1-3H3;1-2H2/b;;11-7+;;;;. The fraction of sp³-hybridized carbons (Fsp3) is 0.288. The van der Waals surface area contributed by atoms with Gasteiger partial charge in [-0.25, -0.2) is 0 Å². The van der Waals surface area contributed by atoms with Gasteiger partial charge in [-0.3, -0.25) is 66.1 Å². The number of anilines is 1. The summed E-state index contributed by atoms with van der Waals surface area (Å²) >= 11 is 5.00. The van der Waals surface area contributed by atoms with Gasteiger partial charge in [0.1, 0.15) is 74.4 Å². The molecule has 32 nitrogen and oxygen atoms in total. The Labute approximate surface area is 487 Å². The molecule has 0 atom stereocenters.